The average Bonchev–Trinajstić information content (AvgIpc) is 1.32. The number of aryl methyl sites for hydroxylation is 2. The van der Waals surface area contributed by atoms with Gasteiger partial charge in [-0.3, -0.25) is 24.0 Å². The van der Waals surface area contributed by atoms with E-state index in [2.05, 4.69) is 77.0 Å². The second kappa shape index (κ2) is 41.9. The van der Waals surface area contributed by atoms with E-state index >= 15 is 4.39 Å². The summed E-state index contributed by atoms with van der Waals surface area (Å²) < 4.78 is 161. The zero-order valence-corrected chi connectivity index (χ0v) is 81.0. The summed E-state index contributed by atoms with van der Waals surface area (Å²) in [6.07, 6.45) is 28.4. The van der Waals surface area contributed by atoms with Gasteiger partial charge in [-0.1, -0.05) is 71.7 Å². The highest BCUT2D eigenvalue weighted by molar-refractivity contribution is 6.31. The Morgan fingerprint density at radius 2 is 0.664 bits per heavy atom. The van der Waals surface area contributed by atoms with Crippen molar-refractivity contribution in [1.82, 2.24) is 99.6 Å². The first-order valence-corrected chi connectivity index (χ1v) is 48.8. The number of hydrogen-bond donors (Lipinski definition) is 5. The minimum absolute atomic E-state index is 0.144. The number of carbonyl (C=O) groups is 5. The van der Waals surface area contributed by atoms with Crippen molar-refractivity contribution in [3.05, 3.63) is 318 Å². The molecule has 8 aliphatic rings. The number of benzene rings is 5. The van der Waals surface area contributed by atoms with Crippen LogP contribution >= 0.6 is 23.2 Å². The molecule has 146 heavy (non-hydrogen) atoms. The van der Waals surface area contributed by atoms with Gasteiger partial charge >= 0.3 is 12.4 Å². The van der Waals surface area contributed by atoms with E-state index in [-0.39, 0.29) is 35.3 Å². The molecule has 5 N–H and O–H groups in total. The number of fused-ring (bicyclic) bond motifs is 5. The maximum absolute atomic E-state index is 15.0. The summed E-state index contributed by atoms with van der Waals surface area (Å²) in [4.78, 5) is 87.7. The van der Waals surface area contributed by atoms with E-state index in [0.29, 0.717) is 242 Å². The molecule has 31 nitrogen and oxygen atoms in total. The van der Waals surface area contributed by atoms with Crippen LogP contribution in [0.4, 0.5) is 39.5 Å². The van der Waals surface area contributed by atoms with Gasteiger partial charge in [0.2, 0.25) is 0 Å². The molecule has 5 amide bonds. The van der Waals surface area contributed by atoms with Crippen LogP contribution in [0.15, 0.2) is 196 Å². The summed E-state index contributed by atoms with van der Waals surface area (Å²) in [5.41, 5.74) is 6.46. The maximum atomic E-state index is 15.0. The van der Waals surface area contributed by atoms with Crippen LogP contribution in [0.2, 0.25) is 10.0 Å². The molecule has 8 fully saturated rings. The second-order valence-corrected chi connectivity index (χ2v) is 38.7. The normalized spacial score (nSPS) is 17.8. The largest absolute Gasteiger partial charge is 0.494 e. The van der Waals surface area contributed by atoms with Gasteiger partial charge in [0, 0.05) is 149 Å². The lowest BCUT2D eigenvalue weighted by Crippen LogP contribution is -2.50. The lowest BCUT2D eigenvalue weighted by atomic mass is 9.82. The van der Waals surface area contributed by atoms with Gasteiger partial charge in [0.25, 0.3) is 29.5 Å². The van der Waals surface area contributed by atoms with Gasteiger partial charge in [-0.15, -0.1) is 0 Å². The van der Waals surface area contributed by atoms with Crippen LogP contribution < -0.4 is 31.3 Å². The molecule has 760 valence electrons. The Morgan fingerprint density at radius 3 is 0.979 bits per heavy atom. The minimum atomic E-state index is -4.41. The minimum Gasteiger partial charge on any atom is -0.494 e. The Balaban J connectivity index is 0.000000115. The molecule has 0 unspecified atom stereocenters. The highest BCUT2D eigenvalue weighted by atomic mass is 35.5. The molecule has 15 aromatic rings. The fraction of sp³-hybridized carbons (Fsp3) is 0.375. The number of amides is 5. The maximum Gasteiger partial charge on any atom is 0.416 e. The third-order valence-electron chi connectivity index (χ3n) is 28.1. The molecule has 42 heteroatoms. The number of halogens is 11. The van der Waals surface area contributed by atoms with Crippen molar-refractivity contribution >= 4 is 81.0 Å². The molecule has 3 saturated carbocycles. The van der Waals surface area contributed by atoms with Gasteiger partial charge in [0.15, 0.2) is 39.8 Å². The molecule has 23 rings (SSSR count). The molecule has 10 aromatic heterocycles. The number of aromatic nitrogens is 15. The van der Waals surface area contributed by atoms with E-state index < -0.39 is 68.6 Å². The smallest absolute Gasteiger partial charge is 0.416 e. The molecule has 0 atom stereocenters. The number of nitrogens with zero attached hydrogens (tertiary/aromatic N) is 15. The van der Waals surface area contributed by atoms with Gasteiger partial charge in [0.1, 0.15) is 39.5 Å². The summed E-state index contributed by atoms with van der Waals surface area (Å²) in [6.45, 7) is 8.02. The topological polar surface area (TPSA) is 352 Å². The van der Waals surface area contributed by atoms with E-state index in [1.165, 1.54) is 111 Å². The first-order chi connectivity index (χ1) is 70.3. The fourth-order valence-electron chi connectivity index (χ4n) is 19.4. The SMILES string of the molecule is COc1cccc(C2(NC(=O)c3cnn4cc(C)cnc34)CCOCC2)c1F.Cc1cnc2c(C(=O)NC3(c4ccc(C(F)(F)F)cc4)CCOCC3)cnn2c1.O=C(NC1(c2ccc(C(F)(F)F)cc2)CCOCC1)c1cnn2cc(C3CC3)cnc12.O=C(NC1(c2ccc(Cl)cc2F)CCOCC1)c1cnn2cc(C3CC3)cnc12.O=C(NC1(c2ccc(F)cc2Cl)CCOCC1)c1cnn2cc(C3CC3)cnc12. The molecular weight excluding hydrogens is 1950 g/mol. The number of rotatable bonds is 19. The Bertz CT molecular complexity index is 7190. The van der Waals surface area contributed by atoms with E-state index in [4.69, 9.17) is 51.6 Å². The number of hydrogen-bond acceptors (Lipinski definition) is 21. The van der Waals surface area contributed by atoms with E-state index in [9.17, 15) is 59.1 Å². The van der Waals surface area contributed by atoms with Crippen LogP contribution in [0.25, 0.3) is 28.2 Å². The summed E-state index contributed by atoms with van der Waals surface area (Å²) in [5.74, 6) is -1.26. The third kappa shape index (κ3) is 21.7. The monoisotopic (exact) mass is 2050 g/mol. The predicted molar refractivity (Wildman–Crippen MR) is 515 cm³/mol. The molecule has 0 spiro atoms. The third-order valence-corrected chi connectivity index (χ3v) is 28.6. The Hall–Kier alpha value is -13.9. The summed E-state index contributed by atoms with van der Waals surface area (Å²) in [7, 11) is 1.42. The van der Waals surface area contributed by atoms with Gasteiger partial charge < -0.3 is 55.0 Å². The van der Waals surface area contributed by atoms with Crippen LogP contribution in [-0.2, 0) is 63.7 Å². The van der Waals surface area contributed by atoms with Gasteiger partial charge in [-0.05, 0) is 233 Å². The van der Waals surface area contributed by atoms with E-state index in [1.807, 2.05) is 44.8 Å². The van der Waals surface area contributed by atoms with Crippen LogP contribution in [0.1, 0.15) is 239 Å². The number of nitrogens with one attached hydrogen (secondary N) is 5. The highest BCUT2D eigenvalue weighted by Crippen LogP contribution is 2.46. The van der Waals surface area contributed by atoms with Crippen molar-refractivity contribution in [2.75, 3.05) is 73.2 Å². The highest BCUT2D eigenvalue weighted by Gasteiger charge is 2.46. The van der Waals surface area contributed by atoms with Crippen molar-refractivity contribution < 1.29 is 91.9 Å². The van der Waals surface area contributed by atoms with Crippen molar-refractivity contribution in [3.63, 3.8) is 0 Å². The number of ether oxygens (including phenoxy) is 6. The number of alkyl halides is 6. The summed E-state index contributed by atoms with van der Waals surface area (Å²) in [5, 5.41) is 37.2. The zero-order valence-electron chi connectivity index (χ0n) is 79.4. The first kappa shape index (κ1) is 101. The quantitative estimate of drug-likeness (QED) is 0.0469. The van der Waals surface area contributed by atoms with Gasteiger partial charge in [-0.2, -0.15) is 51.8 Å². The van der Waals surface area contributed by atoms with Gasteiger partial charge in [0.05, 0.1) is 76.9 Å². The summed E-state index contributed by atoms with van der Waals surface area (Å²) in [6, 6.07) is 23.7. The van der Waals surface area contributed by atoms with Crippen molar-refractivity contribution in [3.8, 4) is 5.75 Å². The van der Waals surface area contributed by atoms with E-state index in [1.54, 1.807) is 85.4 Å². The average molecular weight is 2050 g/mol. The lowest BCUT2D eigenvalue weighted by Gasteiger charge is -2.39. The van der Waals surface area contributed by atoms with Crippen LogP contribution in [-0.4, -0.2) is 176 Å². The molecule has 0 radical (unpaired) electrons. The second-order valence-electron chi connectivity index (χ2n) is 37.8. The number of methoxy groups -OCH3 is 1. The Morgan fingerprint density at radius 1 is 0.363 bits per heavy atom. The number of carbonyl (C=O) groups excluding carboxylic acids is 5. The van der Waals surface area contributed by atoms with Crippen molar-refractivity contribution in [2.45, 2.75) is 174 Å². The molecule has 5 aromatic carbocycles. The molecule has 5 aliphatic heterocycles. The molecule has 3 aliphatic carbocycles. The molecule has 5 saturated heterocycles. The zero-order chi connectivity index (χ0) is 102. The molecule has 0 bridgehead atoms. The fourth-order valence-corrected chi connectivity index (χ4v) is 19.9. The first-order valence-electron chi connectivity index (χ1n) is 48.0. The Labute approximate surface area is 839 Å². The van der Waals surface area contributed by atoms with Crippen molar-refractivity contribution in [2.24, 2.45) is 0 Å². The lowest BCUT2D eigenvalue weighted by molar-refractivity contribution is -0.138. The van der Waals surface area contributed by atoms with Crippen LogP contribution in [0, 0.1) is 31.3 Å². The standard InChI is InChI=1S/C22H21F3N4O2.2C21H20ClFN4O2.C20H19F3N4O2.C20H21FN4O3/c23-22(24,25)17-5-3-16(4-6-17)21(7-9-31-10-8-21)28-20(30)18-12-27-29-13-15(14-1-2-14)11-26-19(18)29;22-18-9-15(23)3-4-17(18)21(5-7-29-8-6-21)26-20(28)16-11-25-27-12-14(13-1-2-13)10-24-19(16)27;22-15-3-4-17(18(23)9-15)21(5-7-29-8-6-21)26-20(28)16-11-25-27-12-14(13-1-2-13)10-24-19(16)27;1-13-10-24-17-16(11-25-27(17)12-13)18(28)26-19(6-8-29-9-7-19)14-2-4-15(5-3-14)20(21,22)23;1-13-10-22-18-14(11-23-25(18)12-13)19(26)24-20(6-8-28-9-7-20)15-4-3-5-16(27-2)17(15)21/h3-6,11-14H,1-2,7-10H2,(H,28,30);2*3-4,9-13H,1-2,5-8H2,(H,26,28);2-5,10-12H,6-9H2,1H3,(H,26,28);3-5,10-12H,6-9H2,1-2H3,(H,24,26). The summed E-state index contributed by atoms with van der Waals surface area (Å²) >= 11 is 12.3. The van der Waals surface area contributed by atoms with Crippen molar-refractivity contribution in [1.29, 1.82) is 0 Å². The molecular formula is C104H101Cl2F9N20O11. The predicted octanol–water partition coefficient (Wildman–Crippen LogP) is 17.8. The molecule has 15 heterocycles. The van der Waals surface area contributed by atoms with Crippen LogP contribution in [0.5, 0.6) is 5.75 Å². The Kier molecular flexibility index (Phi) is 28.9. The van der Waals surface area contributed by atoms with E-state index in [0.717, 1.165) is 64.9 Å². The van der Waals surface area contributed by atoms with Crippen LogP contribution in [0.3, 0.4) is 0 Å². The van der Waals surface area contributed by atoms with Gasteiger partial charge in [-0.25, -0.2) is 60.7 Å².